The van der Waals surface area contributed by atoms with Crippen molar-refractivity contribution in [3.63, 3.8) is 0 Å². The first-order valence-electron chi connectivity index (χ1n) is 7.38. The minimum absolute atomic E-state index is 0.117. The van der Waals surface area contributed by atoms with E-state index in [0.717, 1.165) is 36.1 Å². The average molecular weight is 324 g/mol. The van der Waals surface area contributed by atoms with Crippen LogP contribution in [0.25, 0.3) is 0 Å². The first-order valence-corrected chi connectivity index (χ1v) is 8.20. The van der Waals surface area contributed by atoms with Crippen LogP contribution in [-0.4, -0.2) is 22.9 Å². The van der Waals surface area contributed by atoms with Crippen LogP contribution in [0.1, 0.15) is 53.4 Å². The Labute approximate surface area is 132 Å². The van der Waals surface area contributed by atoms with E-state index in [-0.39, 0.29) is 12.8 Å². The van der Waals surface area contributed by atoms with Crippen LogP contribution in [0.2, 0.25) is 0 Å². The summed E-state index contributed by atoms with van der Waals surface area (Å²) in [4.78, 5) is 35.2. The Bertz CT molecular complexity index is 609. The Morgan fingerprint density at radius 2 is 2.09 bits per heavy atom. The molecule has 0 bridgehead atoms. The zero-order chi connectivity index (χ0) is 16.3. The fraction of sp³-hybridized carbons (Fsp3) is 0.533. The van der Waals surface area contributed by atoms with Crippen molar-refractivity contribution in [3.05, 3.63) is 16.0 Å². The van der Waals surface area contributed by atoms with Gasteiger partial charge in [-0.2, -0.15) is 0 Å². The maximum Gasteiger partial charge on any atom is 0.303 e. The number of nitrogens with two attached hydrogens (primary N) is 1. The van der Waals surface area contributed by atoms with Crippen LogP contribution in [0.5, 0.6) is 0 Å². The molecule has 2 rings (SSSR count). The Morgan fingerprint density at radius 1 is 1.36 bits per heavy atom. The topological polar surface area (TPSA) is 109 Å². The lowest BCUT2D eigenvalue weighted by Crippen LogP contribution is -2.20. The third-order valence-electron chi connectivity index (χ3n) is 4.01. The molecule has 1 aromatic rings. The predicted octanol–water partition coefficient (Wildman–Crippen LogP) is 2.17. The van der Waals surface area contributed by atoms with E-state index in [1.54, 1.807) is 0 Å². The normalized spacial score (nSPS) is 16.9. The van der Waals surface area contributed by atoms with Gasteiger partial charge in [0, 0.05) is 11.3 Å². The SMILES string of the molecule is CC[C@H]1CCc2c(sc(NC(=O)CCC(=O)O)c2C(N)=O)C1. The molecule has 0 radical (unpaired) electrons. The number of anilines is 1. The van der Waals surface area contributed by atoms with Crippen molar-refractivity contribution < 1.29 is 19.5 Å². The number of carbonyl (C=O) groups excluding carboxylic acids is 2. The number of fused-ring (bicyclic) bond motifs is 1. The number of thiophene rings is 1. The van der Waals surface area contributed by atoms with Gasteiger partial charge in [-0.1, -0.05) is 13.3 Å². The number of carboxylic acid groups (broad SMARTS) is 1. The van der Waals surface area contributed by atoms with Crippen molar-refractivity contribution in [1.29, 1.82) is 0 Å². The third-order valence-corrected chi connectivity index (χ3v) is 5.18. The minimum atomic E-state index is -1.03. The molecule has 1 aromatic heterocycles. The molecule has 0 saturated heterocycles. The molecule has 7 heteroatoms. The largest absolute Gasteiger partial charge is 0.481 e. The van der Waals surface area contributed by atoms with Crippen LogP contribution < -0.4 is 11.1 Å². The van der Waals surface area contributed by atoms with Gasteiger partial charge in [0.1, 0.15) is 5.00 Å². The summed E-state index contributed by atoms with van der Waals surface area (Å²) in [5.41, 5.74) is 6.83. The predicted molar refractivity (Wildman–Crippen MR) is 84.1 cm³/mol. The maximum atomic E-state index is 11.8. The summed E-state index contributed by atoms with van der Waals surface area (Å²) in [7, 11) is 0. The number of hydrogen-bond donors (Lipinski definition) is 3. The molecule has 0 saturated carbocycles. The Hall–Kier alpha value is -1.89. The Kier molecular flexibility index (Phi) is 5.18. The molecule has 2 amide bonds. The van der Waals surface area contributed by atoms with Crippen molar-refractivity contribution in [3.8, 4) is 0 Å². The molecule has 1 heterocycles. The zero-order valence-corrected chi connectivity index (χ0v) is 13.3. The second kappa shape index (κ2) is 6.91. The van der Waals surface area contributed by atoms with Crippen molar-refractivity contribution >= 4 is 34.1 Å². The molecule has 1 aliphatic carbocycles. The fourth-order valence-corrected chi connectivity index (χ4v) is 4.14. The molecular weight excluding hydrogens is 304 g/mol. The van der Waals surface area contributed by atoms with Crippen LogP contribution in [-0.2, 0) is 22.4 Å². The van der Waals surface area contributed by atoms with Gasteiger partial charge in [0.2, 0.25) is 5.91 Å². The van der Waals surface area contributed by atoms with Crippen molar-refractivity contribution in [2.24, 2.45) is 11.7 Å². The van der Waals surface area contributed by atoms with Gasteiger partial charge in [-0.05, 0) is 30.7 Å². The van der Waals surface area contributed by atoms with Gasteiger partial charge in [0.05, 0.1) is 12.0 Å². The highest BCUT2D eigenvalue weighted by molar-refractivity contribution is 7.17. The fourth-order valence-electron chi connectivity index (χ4n) is 2.76. The molecule has 1 atom stereocenters. The van der Waals surface area contributed by atoms with Gasteiger partial charge < -0.3 is 16.2 Å². The molecule has 6 nitrogen and oxygen atoms in total. The molecule has 0 aliphatic heterocycles. The van der Waals surface area contributed by atoms with Crippen molar-refractivity contribution in [2.75, 3.05) is 5.32 Å². The molecule has 4 N–H and O–H groups in total. The van der Waals surface area contributed by atoms with Crippen molar-refractivity contribution in [2.45, 2.75) is 45.4 Å². The van der Waals surface area contributed by atoms with Gasteiger partial charge >= 0.3 is 5.97 Å². The summed E-state index contributed by atoms with van der Waals surface area (Å²) in [5, 5.41) is 11.7. The molecule has 0 unspecified atom stereocenters. The lowest BCUT2D eigenvalue weighted by molar-refractivity contribution is -0.138. The van der Waals surface area contributed by atoms with Crippen molar-refractivity contribution in [1.82, 2.24) is 0 Å². The van der Waals surface area contributed by atoms with Crippen LogP contribution in [0.15, 0.2) is 0 Å². The number of hydrogen-bond acceptors (Lipinski definition) is 4. The van der Waals surface area contributed by atoms with Crippen LogP contribution in [0, 0.1) is 5.92 Å². The summed E-state index contributed by atoms with van der Waals surface area (Å²) >= 11 is 1.39. The zero-order valence-electron chi connectivity index (χ0n) is 12.5. The second-order valence-electron chi connectivity index (χ2n) is 5.53. The van der Waals surface area contributed by atoms with E-state index in [1.165, 1.54) is 11.3 Å². The summed E-state index contributed by atoms with van der Waals surface area (Å²) in [5.74, 6) is -1.37. The number of amides is 2. The standard InChI is InChI=1S/C15H20N2O4S/c1-2-8-3-4-9-10(7-8)22-15(13(9)14(16)21)17-11(18)5-6-12(19)20/h8H,2-7H2,1H3,(H2,16,21)(H,17,18)(H,19,20)/t8-/m0/s1. The quantitative estimate of drug-likeness (QED) is 0.745. The lowest BCUT2D eigenvalue weighted by atomic mass is 9.85. The molecule has 120 valence electrons. The van der Waals surface area contributed by atoms with E-state index < -0.39 is 17.8 Å². The average Bonchev–Trinajstić information content (AvgIpc) is 2.81. The molecule has 0 fully saturated rings. The number of aliphatic carboxylic acids is 1. The van der Waals surface area contributed by atoms with Crippen LogP contribution >= 0.6 is 11.3 Å². The summed E-state index contributed by atoms with van der Waals surface area (Å²) in [6.07, 6.45) is 3.46. The van der Waals surface area contributed by atoms with E-state index in [0.29, 0.717) is 16.5 Å². The van der Waals surface area contributed by atoms with Gasteiger partial charge in [0.15, 0.2) is 0 Å². The number of carbonyl (C=O) groups is 3. The molecule has 1 aliphatic rings. The first-order chi connectivity index (χ1) is 10.4. The second-order valence-corrected chi connectivity index (χ2v) is 6.64. The summed E-state index contributed by atoms with van der Waals surface area (Å²) in [6.45, 7) is 2.15. The first kappa shape index (κ1) is 16.5. The molecule has 0 spiro atoms. The van der Waals surface area contributed by atoms with Gasteiger partial charge in [-0.25, -0.2) is 0 Å². The van der Waals surface area contributed by atoms with E-state index >= 15 is 0 Å². The third kappa shape index (κ3) is 3.65. The highest BCUT2D eigenvalue weighted by Crippen LogP contribution is 2.40. The highest BCUT2D eigenvalue weighted by Gasteiger charge is 2.28. The van der Waals surface area contributed by atoms with E-state index in [9.17, 15) is 14.4 Å². The van der Waals surface area contributed by atoms with Gasteiger partial charge in [-0.15, -0.1) is 11.3 Å². The van der Waals surface area contributed by atoms with Gasteiger partial charge in [-0.3, -0.25) is 14.4 Å². The number of carboxylic acids is 1. The molecule has 0 aromatic carbocycles. The summed E-state index contributed by atoms with van der Waals surface area (Å²) < 4.78 is 0. The number of nitrogens with one attached hydrogen (secondary N) is 1. The van der Waals surface area contributed by atoms with E-state index in [1.807, 2.05) is 0 Å². The monoisotopic (exact) mass is 324 g/mol. The number of primary amides is 1. The maximum absolute atomic E-state index is 11.8. The van der Waals surface area contributed by atoms with E-state index in [4.69, 9.17) is 10.8 Å². The Morgan fingerprint density at radius 3 is 2.68 bits per heavy atom. The molecule has 22 heavy (non-hydrogen) atoms. The summed E-state index contributed by atoms with van der Waals surface area (Å²) in [6, 6.07) is 0. The minimum Gasteiger partial charge on any atom is -0.481 e. The number of rotatable bonds is 6. The van der Waals surface area contributed by atoms with Crippen LogP contribution in [0.4, 0.5) is 5.00 Å². The smallest absolute Gasteiger partial charge is 0.303 e. The van der Waals surface area contributed by atoms with E-state index in [2.05, 4.69) is 12.2 Å². The highest BCUT2D eigenvalue weighted by atomic mass is 32.1. The molecular formula is C15H20N2O4S. The van der Waals surface area contributed by atoms with Gasteiger partial charge in [0.25, 0.3) is 5.91 Å². The lowest BCUT2D eigenvalue weighted by Gasteiger charge is -2.20. The van der Waals surface area contributed by atoms with Crippen LogP contribution in [0.3, 0.4) is 0 Å². The Balaban J connectivity index is 2.20.